The first-order valence-corrected chi connectivity index (χ1v) is 9.82. The summed E-state index contributed by atoms with van der Waals surface area (Å²) in [7, 11) is -1.37. The number of fused-ring (bicyclic) bond motifs is 1. The SMILES string of the molecule is CNCC1CCN(S(=O)(=O)c2ccc3c(c2)CCCC3)CC1.Cl. The van der Waals surface area contributed by atoms with Crippen molar-refractivity contribution >= 4 is 22.4 Å². The van der Waals surface area contributed by atoms with Gasteiger partial charge in [-0.25, -0.2) is 8.42 Å². The van der Waals surface area contributed by atoms with Crippen molar-refractivity contribution in [3.05, 3.63) is 29.3 Å². The van der Waals surface area contributed by atoms with Crippen LogP contribution in [0, 0.1) is 5.92 Å². The molecule has 1 aliphatic heterocycles. The normalized spacial score (nSPS) is 19.9. The minimum atomic E-state index is -3.32. The highest BCUT2D eigenvalue weighted by molar-refractivity contribution is 7.89. The Bertz CT molecular complexity index is 625. The van der Waals surface area contributed by atoms with E-state index >= 15 is 0 Å². The summed E-state index contributed by atoms with van der Waals surface area (Å²) in [5.74, 6) is 0.597. The molecule has 0 bridgehead atoms. The lowest BCUT2D eigenvalue weighted by molar-refractivity contribution is 0.270. The van der Waals surface area contributed by atoms with Gasteiger partial charge in [-0.05, 0) is 81.3 Å². The van der Waals surface area contributed by atoms with E-state index in [0.717, 1.165) is 32.2 Å². The molecule has 0 spiro atoms. The van der Waals surface area contributed by atoms with E-state index in [4.69, 9.17) is 0 Å². The van der Waals surface area contributed by atoms with Gasteiger partial charge in [0, 0.05) is 13.1 Å². The Morgan fingerprint density at radius 3 is 2.43 bits per heavy atom. The smallest absolute Gasteiger partial charge is 0.243 e. The van der Waals surface area contributed by atoms with Gasteiger partial charge >= 0.3 is 0 Å². The molecular formula is C17H27ClN2O2S. The van der Waals surface area contributed by atoms with Gasteiger partial charge < -0.3 is 5.32 Å². The number of benzene rings is 1. The molecule has 0 amide bonds. The molecule has 1 aliphatic carbocycles. The second kappa shape index (κ2) is 7.97. The van der Waals surface area contributed by atoms with Gasteiger partial charge in [0.1, 0.15) is 0 Å². The second-order valence-corrected chi connectivity index (χ2v) is 8.48. The zero-order chi connectivity index (χ0) is 15.6. The Balaban J connectivity index is 0.00000192. The maximum atomic E-state index is 12.8. The lowest BCUT2D eigenvalue weighted by atomic mass is 9.92. The van der Waals surface area contributed by atoms with E-state index in [0.29, 0.717) is 23.9 Å². The lowest BCUT2D eigenvalue weighted by Gasteiger charge is -2.31. The third-order valence-electron chi connectivity index (χ3n) is 5.02. The average molecular weight is 359 g/mol. The minimum Gasteiger partial charge on any atom is -0.319 e. The van der Waals surface area contributed by atoms with Crippen LogP contribution in [0.2, 0.25) is 0 Å². The van der Waals surface area contributed by atoms with Crippen LogP contribution >= 0.6 is 12.4 Å². The van der Waals surface area contributed by atoms with Crippen LogP contribution in [-0.4, -0.2) is 39.4 Å². The summed E-state index contributed by atoms with van der Waals surface area (Å²) in [5.41, 5.74) is 2.57. The number of aryl methyl sites for hydroxylation is 2. The second-order valence-electron chi connectivity index (χ2n) is 6.54. The zero-order valence-electron chi connectivity index (χ0n) is 13.8. The molecule has 1 aromatic carbocycles. The zero-order valence-corrected chi connectivity index (χ0v) is 15.4. The van der Waals surface area contributed by atoms with Crippen molar-refractivity contribution in [2.45, 2.75) is 43.4 Å². The molecule has 0 radical (unpaired) electrons. The fraction of sp³-hybridized carbons (Fsp3) is 0.647. The van der Waals surface area contributed by atoms with E-state index in [1.54, 1.807) is 10.4 Å². The van der Waals surface area contributed by atoms with Gasteiger partial charge in [0.05, 0.1) is 4.90 Å². The van der Waals surface area contributed by atoms with Crippen molar-refractivity contribution in [3.63, 3.8) is 0 Å². The van der Waals surface area contributed by atoms with Gasteiger partial charge in [-0.2, -0.15) is 4.31 Å². The highest BCUT2D eigenvalue weighted by Crippen LogP contribution is 2.27. The van der Waals surface area contributed by atoms with Crippen LogP contribution in [-0.2, 0) is 22.9 Å². The third-order valence-corrected chi connectivity index (χ3v) is 6.92. The Hall–Kier alpha value is -0.620. The number of halogens is 1. The minimum absolute atomic E-state index is 0. The van der Waals surface area contributed by atoms with Gasteiger partial charge in [-0.3, -0.25) is 0 Å². The molecule has 3 rings (SSSR count). The van der Waals surface area contributed by atoms with Crippen LogP contribution in [0.5, 0.6) is 0 Å². The van der Waals surface area contributed by atoms with Gasteiger partial charge in [0.15, 0.2) is 0 Å². The number of nitrogens with zero attached hydrogens (tertiary/aromatic N) is 1. The van der Waals surface area contributed by atoms with E-state index in [1.165, 1.54) is 24.0 Å². The molecule has 1 heterocycles. The largest absolute Gasteiger partial charge is 0.319 e. The number of hydrogen-bond donors (Lipinski definition) is 1. The molecule has 1 N–H and O–H groups in total. The van der Waals surface area contributed by atoms with Crippen LogP contribution < -0.4 is 5.32 Å². The average Bonchev–Trinajstić information content (AvgIpc) is 2.55. The third kappa shape index (κ3) is 4.08. The lowest BCUT2D eigenvalue weighted by Crippen LogP contribution is -2.40. The highest BCUT2D eigenvalue weighted by atomic mass is 35.5. The van der Waals surface area contributed by atoms with Crippen molar-refractivity contribution in [3.8, 4) is 0 Å². The van der Waals surface area contributed by atoms with Crippen molar-refractivity contribution in [1.82, 2.24) is 9.62 Å². The quantitative estimate of drug-likeness (QED) is 0.900. The highest BCUT2D eigenvalue weighted by Gasteiger charge is 2.29. The Morgan fingerprint density at radius 1 is 1.13 bits per heavy atom. The van der Waals surface area contributed by atoms with Gasteiger partial charge in [0.25, 0.3) is 0 Å². The predicted octanol–water partition coefficient (Wildman–Crippen LogP) is 2.61. The van der Waals surface area contributed by atoms with Crippen LogP contribution in [0.4, 0.5) is 0 Å². The molecule has 0 atom stereocenters. The fourth-order valence-corrected chi connectivity index (χ4v) is 5.18. The first-order valence-electron chi connectivity index (χ1n) is 8.38. The van der Waals surface area contributed by atoms with Crippen molar-refractivity contribution in [2.24, 2.45) is 5.92 Å². The van der Waals surface area contributed by atoms with Crippen LogP contribution in [0.3, 0.4) is 0 Å². The van der Waals surface area contributed by atoms with Crippen molar-refractivity contribution in [2.75, 3.05) is 26.7 Å². The van der Waals surface area contributed by atoms with Crippen molar-refractivity contribution in [1.29, 1.82) is 0 Å². The molecule has 6 heteroatoms. The first kappa shape index (κ1) is 18.7. The van der Waals surface area contributed by atoms with E-state index in [-0.39, 0.29) is 12.4 Å². The summed E-state index contributed by atoms with van der Waals surface area (Å²) in [6.07, 6.45) is 6.40. The first-order chi connectivity index (χ1) is 10.6. The van der Waals surface area contributed by atoms with E-state index in [2.05, 4.69) is 5.32 Å². The molecule has 1 saturated heterocycles. The Labute approximate surface area is 146 Å². The Morgan fingerprint density at radius 2 is 1.78 bits per heavy atom. The van der Waals surface area contributed by atoms with E-state index in [1.807, 2.05) is 19.2 Å². The molecule has 2 aliphatic rings. The van der Waals surface area contributed by atoms with Crippen LogP contribution in [0.25, 0.3) is 0 Å². The number of rotatable bonds is 4. The number of sulfonamides is 1. The summed E-state index contributed by atoms with van der Waals surface area (Å²) in [6.45, 7) is 2.27. The van der Waals surface area contributed by atoms with Gasteiger partial charge in [-0.1, -0.05) is 6.07 Å². The van der Waals surface area contributed by atoms with Gasteiger partial charge in [-0.15, -0.1) is 12.4 Å². The topological polar surface area (TPSA) is 49.4 Å². The summed E-state index contributed by atoms with van der Waals surface area (Å²) in [4.78, 5) is 0.486. The summed E-state index contributed by atoms with van der Waals surface area (Å²) in [6, 6.07) is 5.75. The predicted molar refractivity (Wildman–Crippen MR) is 95.7 cm³/mol. The summed E-state index contributed by atoms with van der Waals surface area (Å²) < 4.78 is 27.4. The maximum absolute atomic E-state index is 12.8. The molecule has 1 aromatic rings. The molecule has 4 nitrogen and oxygen atoms in total. The van der Waals surface area contributed by atoms with Crippen molar-refractivity contribution < 1.29 is 8.42 Å². The van der Waals surface area contributed by atoms with Gasteiger partial charge in [0.2, 0.25) is 10.0 Å². The molecule has 0 saturated carbocycles. The standard InChI is InChI=1S/C17H26N2O2S.ClH/c1-18-13-14-8-10-19(11-9-14)22(20,21)17-7-6-15-4-2-3-5-16(15)12-17;/h6-7,12,14,18H,2-5,8-11,13H2,1H3;1H. The molecular weight excluding hydrogens is 332 g/mol. The summed E-state index contributed by atoms with van der Waals surface area (Å²) in [5, 5.41) is 3.19. The number of hydrogen-bond acceptors (Lipinski definition) is 3. The number of piperidine rings is 1. The van der Waals surface area contributed by atoms with Crippen LogP contribution in [0.1, 0.15) is 36.8 Å². The Kier molecular flexibility index (Phi) is 6.48. The monoisotopic (exact) mass is 358 g/mol. The molecule has 130 valence electrons. The molecule has 0 aromatic heterocycles. The molecule has 0 unspecified atom stereocenters. The number of nitrogens with one attached hydrogen (secondary N) is 1. The van der Waals surface area contributed by atoms with Crippen LogP contribution in [0.15, 0.2) is 23.1 Å². The molecule has 23 heavy (non-hydrogen) atoms. The van der Waals surface area contributed by atoms with E-state index < -0.39 is 10.0 Å². The fourth-order valence-electron chi connectivity index (χ4n) is 3.66. The van der Waals surface area contributed by atoms with E-state index in [9.17, 15) is 8.42 Å². The molecule has 1 fully saturated rings. The maximum Gasteiger partial charge on any atom is 0.243 e. The summed E-state index contributed by atoms with van der Waals surface area (Å²) >= 11 is 0.